The summed E-state index contributed by atoms with van der Waals surface area (Å²) in [6.45, 7) is 0. The van der Waals surface area contributed by atoms with Gasteiger partial charge in [-0.25, -0.2) is 8.42 Å². The third kappa shape index (κ3) is 4.92. The van der Waals surface area contributed by atoms with Crippen molar-refractivity contribution in [1.29, 1.82) is 0 Å². The molecule has 0 bridgehead atoms. The van der Waals surface area contributed by atoms with E-state index in [4.69, 9.17) is 23.2 Å². The standard InChI is InChI=1S/C13H8Cl2F3NO3S/c14-8-4-5-12(11(15)6-8)19-23(20,21)10-3-1-2-9(7-10)22-13(16,17)18/h1-7,19H. The largest absolute Gasteiger partial charge is 0.573 e. The Labute approximate surface area is 139 Å². The zero-order valence-electron chi connectivity index (χ0n) is 11.1. The molecule has 0 fully saturated rings. The van der Waals surface area contributed by atoms with Crippen LogP contribution in [0.3, 0.4) is 0 Å². The van der Waals surface area contributed by atoms with Gasteiger partial charge < -0.3 is 4.74 Å². The topological polar surface area (TPSA) is 55.4 Å². The van der Waals surface area contributed by atoms with Gasteiger partial charge in [0, 0.05) is 11.1 Å². The van der Waals surface area contributed by atoms with E-state index in [-0.39, 0.29) is 10.7 Å². The number of halogens is 5. The van der Waals surface area contributed by atoms with E-state index in [0.717, 1.165) is 24.3 Å². The van der Waals surface area contributed by atoms with Gasteiger partial charge in [-0.2, -0.15) is 0 Å². The molecule has 124 valence electrons. The molecule has 0 aliphatic carbocycles. The van der Waals surface area contributed by atoms with E-state index in [2.05, 4.69) is 9.46 Å². The van der Waals surface area contributed by atoms with E-state index in [9.17, 15) is 21.6 Å². The molecule has 1 N–H and O–H groups in total. The molecule has 0 spiro atoms. The number of rotatable bonds is 4. The highest BCUT2D eigenvalue weighted by Crippen LogP contribution is 2.29. The van der Waals surface area contributed by atoms with Crippen LogP contribution < -0.4 is 9.46 Å². The number of hydrogen-bond acceptors (Lipinski definition) is 3. The molecule has 0 unspecified atom stereocenters. The van der Waals surface area contributed by atoms with Crippen molar-refractivity contribution in [1.82, 2.24) is 0 Å². The van der Waals surface area contributed by atoms with Gasteiger partial charge in [0.25, 0.3) is 10.0 Å². The summed E-state index contributed by atoms with van der Waals surface area (Å²) in [7, 11) is -4.15. The molecular formula is C13H8Cl2F3NO3S. The van der Waals surface area contributed by atoms with Gasteiger partial charge in [-0.15, -0.1) is 13.2 Å². The molecule has 4 nitrogen and oxygen atoms in total. The quantitative estimate of drug-likeness (QED) is 0.830. The predicted molar refractivity (Wildman–Crippen MR) is 80.4 cm³/mol. The van der Waals surface area contributed by atoms with Crippen LogP contribution >= 0.6 is 23.2 Å². The van der Waals surface area contributed by atoms with E-state index in [1.165, 1.54) is 18.2 Å². The maximum Gasteiger partial charge on any atom is 0.573 e. The normalized spacial score (nSPS) is 12.0. The fraction of sp³-hybridized carbons (Fsp3) is 0.0769. The van der Waals surface area contributed by atoms with E-state index in [0.29, 0.717) is 5.02 Å². The fourth-order valence-electron chi connectivity index (χ4n) is 1.61. The molecule has 0 atom stereocenters. The van der Waals surface area contributed by atoms with E-state index in [1.54, 1.807) is 0 Å². The molecule has 0 amide bonds. The van der Waals surface area contributed by atoms with Crippen molar-refractivity contribution in [2.75, 3.05) is 4.72 Å². The molecule has 0 radical (unpaired) electrons. The molecule has 23 heavy (non-hydrogen) atoms. The Morgan fingerprint density at radius 1 is 1.04 bits per heavy atom. The van der Waals surface area contributed by atoms with Crippen LogP contribution in [-0.2, 0) is 10.0 Å². The van der Waals surface area contributed by atoms with Crippen LogP contribution in [0, 0.1) is 0 Å². The van der Waals surface area contributed by atoms with Crippen LogP contribution in [0.25, 0.3) is 0 Å². The summed E-state index contributed by atoms with van der Waals surface area (Å²) in [6.07, 6.45) is -4.92. The number of ether oxygens (including phenoxy) is 1. The Morgan fingerprint density at radius 2 is 1.74 bits per heavy atom. The Balaban J connectivity index is 2.31. The molecule has 2 aromatic rings. The second kappa shape index (κ2) is 6.46. The van der Waals surface area contributed by atoms with Crippen molar-refractivity contribution in [3.63, 3.8) is 0 Å². The second-order valence-corrected chi connectivity index (χ2v) is 6.78. The van der Waals surface area contributed by atoms with Gasteiger partial charge in [-0.05, 0) is 30.3 Å². The van der Waals surface area contributed by atoms with Gasteiger partial charge in [-0.1, -0.05) is 29.3 Å². The lowest BCUT2D eigenvalue weighted by Gasteiger charge is -2.12. The third-order valence-corrected chi connectivity index (χ3v) is 4.44. The van der Waals surface area contributed by atoms with Gasteiger partial charge >= 0.3 is 6.36 Å². The first-order valence-electron chi connectivity index (χ1n) is 5.90. The van der Waals surface area contributed by atoms with Crippen molar-refractivity contribution in [2.24, 2.45) is 0 Å². The van der Waals surface area contributed by atoms with Crippen LogP contribution in [0.15, 0.2) is 47.4 Å². The zero-order chi connectivity index (χ0) is 17.3. The minimum atomic E-state index is -4.92. The van der Waals surface area contributed by atoms with Crippen molar-refractivity contribution in [3.05, 3.63) is 52.5 Å². The molecule has 0 aromatic heterocycles. The first kappa shape index (κ1) is 17.7. The van der Waals surface area contributed by atoms with Crippen molar-refractivity contribution in [3.8, 4) is 5.75 Å². The molecule has 2 rings (SSSR count). The van der Waals surface area contributed by atoms with Crippen molar-refractivity contribution in [2.45, 2.75) is 11.3 Å². The highest BCUT2D eigenvalue weighted by atomic mass is 35.5. The SMILES string of the molecule is O=S(=O)(Nc1ccc(Cl)cc1Cl)c1cccc(OC(F)(F)F)c1. The molecule has 2 aromatic carbocycles. The molecule has 10 heteroatoms. The molecular weight excluding hydrogens is 378 g/mol. The van der Waals surface area contributed by atoms with Gasteiger partial charge in [0.05, 0.1) is 15.6 Å². The number of nitrogens with one attached hydrogen (secondary N) is 1. The smallest absolute Gasteiger partial charge is 0.406 e. The van der Waals surface area contributed by atoms with Crippen LogP contribution in [0.5, 0.6) is 5.75 Å². The average Bonchev–Trinajstić information content (AvgIpc) is 2.40. The lowest BCUT2D eigenvalue weighted by molar-refractivity contribution is -0.274. The predicted octanol–water partition coefficient (Wildman–Crippen LogP) is 4.69. The van der Waals surface area contributed by atoms with Gasteiger partial charge in [0.1, 0.15) is 5.75 Å². The minimum Gasteiger partial charge on any atom is -0.406 e. The fourth-order valence-corrected chi connectivity index (χ4v) is 3.24. The highest BCUT2D eigenvalue weighted by Gasteiger charge is 2.31. The minimum absolute atomic E-state index is 0.0400. The van der Waals surface area contributed by atoms with E-state index < -0.39 is 27.0 Å². The summed E-state index contributed by atoms with van der Waals surface area (Å²) in [5, 5.41) is 0.349. The maximum absolute atomic E-state index is 12.2. The molecule has 0 aliphatic heterocycles. The van der Waals surface area contributed by atoms with Crippen LogP contribution in [0.1, 0.15) is 0 Å². The van der Waals surface area contributed by atoms with E-state index >= 15 is 0 Å². The third-order valence-electron chi connectivity index (χ3n) is 2.52. The van der Waals surface area contributed by atoms with Gasteiger partial charge in [0.15, 0.2) is 0 Å². The van der Waals surface area contributed by atoms with Crippen molar-refractivity contribution >= 4 is 38.9 Å². The van der Waals surface area contributed by atoms with Gasteiger partial charge in [-0.3, -0.25) is 4.72 Å². The lowest BCUT2D eigenvalue weighted by Crippen LogP contribution is -2.18. The lowest BCUT2D eigenvalue weighted by atomic mass is 10.3. The number of anilines is 1. The summed E-state index contributed by atoms with van der Waals surface area (Å²) >= 11 is 11.6. The summed E-state index contributed by atoms with van der Waals surface area (Å²) in [4.78, 5) is -0.412. The molecule has 0 saturated heterocycles. The Bertz CT molecular complexity index is 825. The summed E-state index contributed by atoms with van der Waals surface area (Å²) < 4.78 is 66.9. The first-order valence-corrected chi connectivity index (χ1v) is 8.14. The van der Waals surface area contributed by atoms with E-state index in [1.807, 2.05) is 0 Å². The number of alkyl halides is 3. The number of sulfonamides is 1. The summed E-state index contributed by atoms with van der Waals surface area (Å²) in [5.41, 5.74) is 0.0400. The average molecular weight is 386 g/mol. The Hall–Kier alpha value is -1.64. The highest BCUT2D eigenvalue weighted by molar-refractivity contribution is 7.92. The molecule has 0 heterocycles. The zero-order valence-corrected chi connectivity index (χ0v) is 13.4. The number of hydrogen-bond donors (Lipinski definition) is 1. The van der Waals surface area contributed by atoms with Crippen LogP contribution in [0.4, 0.5) is 18.9 Å². The Morgan fingerprint density at radius 3 is 2.35 bits per heavy atom. The molecule has 0 aliphatic rings. The second-order valence-electron chi connectivity index (χ2n) is 4.25. The van der Waals surface area contributed by atoms with Crippen molar-refractivity contribution < 1.29 is 26.3 Å². The Kier molecular flexibility index (Phi) is 4.98. The summed E-state index contributed by atoms with van der Waals surface area (Å²) in [6, 6.07) is 8.05. The first-order chi connectivity index (χ1) is 10.6. The number of benzene rings is 2. The van der Waals surface area contributed by atoms with Gasteiger partial charge in [0.2, 0.25) is 0 Å². The maximum atomic E-state index is 12.2. The molecule has 0 saturated carbocycles. The van der Waals surface area contributed by atoms with Crippen LogP contribution in [0.2, 0.25) is 10.0 Å². The van der Waals surface area contributed by atoms with Crippen LogP contribution in [-0.4, -0.2) is 14.8 Å². The summed E-state index contributed by atoms with van der Waals surface area (Å²) in [5.74, 6) is -0.650. The monoisotopic (exact) mass is 385 g/mol.